The van der Waals surface area contributed by atoms with Gasteiger partial charge in [-0.05, 0) is 55.7 Å². The minimum absolute atomic E-state index is 0.0821. The summed E-state index contributed by atoms with van der Waals surface area (Å²) in [7, 11) is 5.34. The Morgan fingerprint density at radius 2 is 1.90 bits per heavy atom. The summed E-state index contributed by atoms with van der Waals surface area (Å²) in [5.41, 5.74) is 4.09. The molecule has 3 aromatic rings. The lowest BCUT2D eigenvalue weighted by molar-refractivity contribution is -0.111. The van der Waals surface area contributed by atoms with Crippen LogP contribution in [0.4, 0.5) is 23.0 Å². The van der Waals surface area contributed by atoms with E-state index >= 15 is 0 Å². The number of nitrogens with one attached hydrogen (secondary N) is 3. The van der Waals surface area contributed by atoms with E-state index in [-0.39, 0.29) is 24.5 Å². The van der Waals surface area contributed by atoms with Gasteiger partial charge in [0.15, 0.2) is 5.75 Å². The maximum atomic E-state index is 12.6. The fourth-order valence-electron chi connectivity index (χ4n) is 3.74. The van der Waals surface area contributed by atoms with Crippen LogP contribution in [-0.4, -0.2) is 49.0 Å². The maximum absolute atomic E-state index is 12.6. The van der Waals surface area contributed by atoms with Crippen molar-refractivity contribution in [1.82, 2.24) is 15.3 Å². The summed E-state index contributed by atoms with van der Waals surface area (Å²) in [6, 6.07) is 7.38. The first kappa shape index (κ1) is 27.7. The molecule has 0 bridgehead atoms. The zero-order valence-electron chi connectivity index (χ0n) is 22.3. The molecule has 1 heterocycles. The lowest BCUT2D eigenvalue weighted by Crippen LogP contribution is -2.25. The third-order valence-corrected chi connectivity index (χ3v) is 6.48. The molecule has 1 aromatic heterocycles. The van der Waals surface area contributed by atoms with Gasteiger partial charge in [-0.25, -0.2) is 9.97 Å². The highest BCUT2D eigenvalue weighted by Gasteiger charge is 2.25. The molecule has 11 heteroatoms. The molecule has 1 aliphatic rings. The molecular formula is C28H31ClN6O4. The van der Waals surface area contributed by atoms with Crippen LogP contribution in [0.3, 0.4) is 0 Å². The minimum atomic E-state index is -0.331. The highest BCUT2D eigenvalue weighted by molar-refractivity contribution is 6.33. The van der Waals surface area contributed by atoms with Gasteiger partial charge in [-0.2, -0.15) is 0 Å². The molecule has 204 valence electrons. The number of ether oxygens (including phenoxy) is 2. The number of carbonyl (C=O) groups excluding carboxylic acids is 2. The van der Waals surface area contributed by atoms with Crippen LogP contribution in [0.25, 0.3) is 0 Å². The predicted molar refractivity (Wildman–Crippen MR) is 152 cm³/mol. The zero-order valence-corrected chi connectivity index (χ0v) is 23.1. The fourth-order valence-corrected chi connectivity index (χ4v) is 3.98. The van der Waals surface area contributed by atoms with Gasteiger partial charge in [0.1, 0.15) is 12.4 Å². The number of rotatable bonds is 11. The van der Waals surface area contributed by atoms with E-state index in [1.165, 1.54) is 25.6 Å². The Hall–Kier alpha value is -4.31. The molecule has 0 unspecified atom stereocenters. The molecule has 2 aromatic carbocycles. The first-order chi connectivity index (χ1) is 18.7. The Morgan fingerprint density at radius 3 is 2.51 bits per heavy atom. The number of amides is 2. The number of hydrogen-bond donors (Lipinski definition) is 3. The second-order valence-electron chi connectivity index (χ2n) is 9.33. The van der Waals surface area contributed by atoms with Crippen LogP contribution in [0, 0.1) is 6.92 Å². The zero-order chi connectivity index (χ0) is 28.1. The molecule has 2 amide bonds. The van der Waals surface area contributed by atoms with E-state index in [1.807, 2.05) is 38.1 Å². The van der Waals surface area contributed by atoms with Crippen molar-refractivity contribution in [3.8, 4) is 11.5 Å². The Morgan fingerprint density at radius 1 is 1.18 bits per heavy atom. The van der Waals surface area contributed by atoms with Crippen LogP contribution in [0.1, 0.15) is 34.3 Å². The summed E-state index contributed by atoms with van der Waals surface area (Å²) in [6.45, 7) is 5.53. The minimum Gasteiger partial charge on any atom is -0.495 e. The van der Waals surface area contributed by atoms with Crippen molar-refractivity contribution in [1.29, 1.82) is 0 Å². The number of aryl methyl sites for hydroxylation is 1. The molecule has 0 atom stereocenters. The van der Waals surface area contributed by atoms with E-state index < -0.39 is 0 Å². The number of hydrogen-bond acceptors (Lipinski definition) is 8. The second kappa shape index (κ2) is 12.0. The van der Waals surface area contributed by atoms with Gasteiger partial charge < -0.3 is 30.3 Å². The average Bonchev–Trinajstić information content (AvgIpc) is 3.74. The van der Waals surface area contributed by atoms with Crippen LogP contribution < -0.4 is 30.3 Å². The summed E-state index contributed by atoms with van der Waals surface area (Å²) in [4.78, 5) is 35.2. The van der Waals surface area contributed by atoms with Gasteiger partial charge >= 0.3 is 0 Å². The van der Waals surface area contributed by atoms with E-state index in [0.717, 1.165) is 24.1 Å². The van der Waals surface area contributed by atoms with Gasteiger partial charge in [0.05, 0.1) is 35.9 Å². The van der Waals surface area contributed by atoms with Gasteiger partial charge in [-0.3, -0.25) is 9.59 Å². The first-order valence-corrected chi connectivity index (χ1v) is 12.7. The molecule has 0 aliphatic heterocycles. The van der Waals surface area contributed by atoms with Crippen LogP contribution in [0.15, 0.2) is 49.3 Å². The van der Waals surface area contributed by atoms with Crippen LogP contribution in [0.5, 0.6) is 11.5 Å². The molecule has 4 rings (SSSR count). The van der Waals surface area contributed by atoms with Crippen molar-refractivity contribution in [3.05, 3.63) is 71.0 Å². The van der Waals surface area contributed by atoms with Gasteiger partial charge in [0.25, 0.3) is 5.91 Å². The van der Waals surface area contributed by atoms with Crippen molar-refractivity contribution in [2.75, 3.05) is 36.7 Å². The molecule has 1 saturated carbocycles. The number of anilines is 4. The predicted octanol–water partition coefficient (Wildman–Crippen LogP) is 4.85. The molecular weight excluding hydrogens is 520 g/mol. The van der Waals surface area contributed by atoms with E-state index in [1.54, 1.807) is 12.1 Å². The molecule has 39 heavy (non-hydrogen) atoms. The summed E-state index contributed by atoms with van der Waals surface area (Å²) in [6.07, 6.45) is 6.23. The van der Waals surface area contributed by atoms with Crippen molar-refractivity contribution < 1.29 is 19.1 Å². The smallest absolute Gasteiger partial charge is 0.251 e. The highest BCUT2D eigenvalue weighted by atomic mass is 35.5. The molecule has 0 saturated heterocycles. The summed E-state index contributed by atoms with van der Waals surface area (Å²) >= 11 is 6.48. The van der Waals surface area contributed by atoms with Crippen molar-refractivity contribution in [3.63, 3.8) is 0 Å². The molecule has 1 aliphatic carbocycles. The monoisotopic (exact) mass is 550 g/mol. The van der Waals surface area contributed by atoms with Crippen molar-refractivity contribution in [2.24, 2.45) is 0 Å². The molecule has 0 spiro atoms. The van der Waals surface area contributed by atoms with Gasteiger partial charge in [0.2, 0.25) is 11.9 Å². The first-order valence-electron chi connectivity index (χ1n) is 12.3. The molecule has 10 nitrogen and oxygen atoms in total. The third kappa shape index (κ3) is 6.97. The van der Waals surface area contributed by atoms with Crippen molar-refractivity contribution >= 4 is 46.4 Å². The Bertz CT molecular complexity index is 1390. The number of methoxy groups -OCH3 is 1. The fraction of sp³-hybridized carbons (Fsp3) is 0.286. The van der Waals surface area contributed by atoms with E-state index in [2.05, 4.69) is 32.5 Å². The average molecular weight is 551 g/mol. The van der Waals surface area contributed by atoms with E-state index in [0.29, 0.717) is 45.0 Å². The van der Waals surface area contributed by atoms with E-state index in [9.17, 15) is 9.59 Å². The normalized spacial score (nSPS) is 12.3. The second-order valence-corrected chi connectivity index (χ2v) is 9.71. The maximum Gasteiger partial charge on any atom is 0.251 e. The van der Waals surface area contributed by atoms with Gasteiger partial charge in [-0.15, -0.1) is 0 Å². The standard InChI is InChI=1S/C28H31ClN6O4/c1-6-24(36)33-22-12-20(35(3)4)9-16(2)26(22)34-28-30-13-21(14-31-28)39-15-18-10-17(11-23(38-5)25(18)29)27(37)32-19-7-8-19/h6,9-14,19H,1,7-8,15H2,2-5H3,(H,32,37)(H,33,36)(H,30,31,34). The Balaban J connectivity index is 1.49. The van der Waals surface area contributed by atoms with E-state index in [4.69, 9.17) is 21.1 Å². The van der Waals surface area contributed by atoms with Crippen LogP contribution in [0.2, 0.25) is 5.02 Å². The molecule has 0 radical (unpaired) electrons. The highest BCUT2D eigenvalue weighted by Crippen LogP contribution is 2.34. The van der Waals surface area contributed by atoms with Gasteiger partial charge in [-0.1, -0.05) is 18.2 Å². The molecule has 3 N–H and O–H groups in total. The summed E-state index contributed by atoms with van der Waals surface area (Å²) in [5.74, 6) is 0.607. The number of aromatic nitrogens is 2. The number of halogens is 1. The SMILES string of the molecule is C=CC(=O)Nc1cc(N(C)C)cc(C)c1Nc1ncc(OCc2cc(C(=O)NC3CC3)cc(OC)c2Cl)cn1. The number of nitrogens with zero attached hydrogens (tertiary/aromatic N) is 3. The topological polar surface area (TPSA) is 118 Å². The summed E-state index contributed by atoms with van der Waals surface area (Å²) in [5, 5.41) is 9.33. The number of benzene rings is 2. The molecule has 1 fully saturated rings. The lowest BCUT2D eigenvalue weighted by atomic mass is 10.1. The third-order valence-electron chi connectivity index (χ3n) is 6.05. The lowest BCUT2D eigenvalue weighted by Gasteiger charge is -2.20. The Kier molecular flexibility index (Phi) is 8.55. The Labute approximate surface area is 232 Å². The quantitative estimate of drug-likeness (QED) is 0.290. The largest absolute Gasteiger partial charge is 0.495 e. The number of carbonyl (C=O) groups is 2. The van der Waals surface area contributed by atoms with Gasteiger partial charge in [0, 0.05) is 37.0 Å². The van der Waals surface area contributed by atoms with Crippen molar-refractivity contribution in [2.45, 2.75) is 32.4 Å². The summed E-state index contributed by atoms with van der Waals surface area (Å²) < 4.78 is 11.2. The van der Waals surface area contributed by atoms with Crippen LogP contribution >= 0.6 is 11.6 Å². The van der Waals surface area contributed by atoms with Crippen LogP contribution in [-0.2, 0) is 11.4 Å².